The summed E-state index contributed by atoms with van der Waals surface area (Å²) in [5, 5.41) is 0.647. The number of rotatable bonds is 3. The Morgan fingerprint density at radius 3 is 2.72 bits per heavy atom. The van der Waals surface area contributed by atoms with Gasteiger partial charge in [-0.15, -0.1) is 0 Å². The van der Waals surface area contributed by atoms with E-state index in [0.29, 0.717) is 10.7 Å². The molecule has 0 spiro atoms. The lowest BCUT2D eigenvalue weighted by atomic mass is 10.00. The fourth-order valence-corrected chi connectivity index (χ4v) is 2.23. The van der Waals surface area contributed by atoms with Crippen molar-refractivity contribution < 1.29 is 0 Å². The molecule has 2 rings (SSSR count). The highest BCUT2D eigenvalue weighted by Crippen LogP contribution is 2.30. The Kier molecular flexibility index (Phi) is 4.19. The summed E-state index contributed by atoms with van der Waals surface area (Å²) in [7, 11) is 0. The number of hydrogen-bond donors (Lipinski definition) is 3. The lowest BCUT2D eigenvalue weighted by molar-refractivity contribution is 0.636. The van der Waals surface area contributed by atoms with Gasteiger partial charge in [-0.1, -0.05) is 17.7 Å². The van der Waals surface area contributed by atoms with Crippen LogP contribution in [0.3, 0.4) is 0 Å². The number of nitrogens with two attached hydrogens (primary N) is 2. The molecule has 94 valence electrons. The predicted molar refractivity (Wildman–Crippen MR) is 77.0 cm³/mol. The summed E-state index contributed by atoms with van der Waals surface area (Å²) in [5.74, 6) is 5.61. The SMILES string of the molecule is NNC(c1ccc(Cl)c(Br)c1)c1cnccc1N. The Bertz CT molecular complexity index is 562. The van der Waals surface area contributed by atoms with Crippen molar-refractivity contribution in [2.45, 2.75) is 6.04 Å². The van der Waals surface area contributed by atoms with Gasteiger partial charge in [-0.25, -0.2) is 5.43 Å². The van der Waals surface area contributed by atoms with Crippen LogP contribution < -0.4 is 17.0 Å². The van der Waals surface area contributed by atoms with Gasteiger partial charge >= 0.3 is 0 Å². The fraction of sp³-hybridized carbons (Fsp3) is 0.0833. The van der Waals surface area contributed by atoms with Crippen molar-refractivity contribution in [3.63, 3.8) is 0 Å². The quantitative estimate of drug-likeness (QED) is 0.598. The molecule has 4 nitrogen and oxygen atoms in total. The van der Waals surface area contributed by atoms with Crippen LogP contribution >= 0.6 is 27.5 Å². The summed E-state index contributed by atoms with van der Waals surface area (Å²) in [6, 6.07) is 7.11. The maximum atomic E-state index is 5.97. The monoisotopic (exact) mass is 326 g/mol. The second-order valence-corrected chi connectivity index (χ2v) is 5.04. The topological polar surface area (TPSA) is 77.0 Å². The molecule has 2 aromatic rings. The smallest absolute Gasteiger partial charge is 0.0745 e. The van der Waals surface area contributed by atoms with Gasteiger partial charge in [-0.05, 0) is 39.7 Å². The molecule has 0 amide bonds. The molecule has 6 heteroatoms. The Hall–Kier alpha value is -1.14. The number of nitrogen functional groups attached to an aromatic ring is 1. The Labute approximate surface area is 118 Å². The predicted octanol–water partition coefficient (Wildman–Crippen LogP) is 2.63. The van der Waals surface area contributed by atoms with Crippen molar-refractivity contribution in [3.8, 4) is 0 Å². The summed E-state index contributed by atoms with van der Waals surface area (Å²) in [4.78, 5) is 4.07. The molecular formula is C12H12BrClN4. The molecule has 0 aliphatic carbocycles. The highest BCUT2D eigenvalue weighted by Gasteiger charge is 2.16. The van der Waals surface area contributed by atoms with E-state index in [1.165, 1.54) is 0 Å². The number of anilines is 1. The van der Waals surface area contributed by atoms with Crippen LogP contribution in [0.1, 0.15) is 17.2 Å². The van der Waals surface area contributed by atoms with Crippen molar-refractivity contribution in [1.29, 1.82) is 0 Å². The number of nitrogens with zero attached hydrogens (tertiary/aromatic N) is 1. The van der Waals surface area contributed by atoms with E-state index < -0.39 is 0 Å². The summed E-state index contributed by atoms with van der Waals surface area (Å²) in [6.07, 6.45) is 3.34. The summed E-state index contributed by atoms with van der Waals surface area (Å²) < 4.78 is 0.810. The highest BCUT2D eigenvalue weighted by molar-refractivity contribution is 9.10. The standard InChI is InChI=1S/C12H12BrClN4/c13-9-5-7(1-2-10(9)14)12(18-16)8-6-17-4-3-11(8)15/h1-6,12,18H,16H2,(H2,15,17). The fourth-order valence-electron chi connectivity index (χ4n) is 1.72. The molecule has 18 heavy (non-hydrogen) atoms. The third kappa shape index (κ3) is 2.64. The van der Waals surface area contributed by atoms with Crippen LogP contribution in [0.2, 0.25) is 5.02 Å². The van der Waals surface area contributed by atoms with Crippen molar-refractivity contribution in [2.75, 3.05) is 5.73 Å². The van der Waals surface area contributed by atoms with Crippen LogP contribution in [0.5, 0.6) is 0 Å². The molecule has 0 radical (unpaired) electrons. The molecule has 1 aromatic heterocycles. The van der Waals surface area contributed by atoms with E-state index in [1.54, 1.807) is 24.5 Å². The van der Waals surface area contributed by atoms with Crippen molar-refractivity contribution in [3.05, 3.63) is 57.3 Å². The van der Waals surface area contributed by atoms with Crippen molar-refractivity contribution in [1.82, 2.24) is 10.4 Å². The van der Waals surface area contributed by atoms with Gasteiger partial charge in [0.25, 0.3) is 0 Å². The third-order valence-electron chi connectivity index (χ3n) is 2.64. The van der Waals surface area contributed by atoms with Crippen LogP contribution in [0.15, 0.2) is 41.1 Å². The van der Waals surface area contributed by atoms with Crippen LogP contribution in [-0.2, 0) is 0 Å². The Morgan fingerprint density at radius 2 is 2.11 bits per heavy atom. The van der Waals surface area contributed by atoms with Gasteiger partial charge in [0, 0.05) is 28.1 Å². The van der Waals surface area contributed by atoms with Gasteiger partial charge in [0.1, 0.15) is 0 Å². The number of benzene rings is 1. The second-order valence-electron chi connectivity index (χ2n) is 3.78. The first kappa shape index (κ1) is 13.3. The van der Waals surface area contributed by atoms with Crippen LogP contribution in [0.4, 0.5) is 5.69 Å². The van der Waals surface area contributed by atoms with Crippen LogP contribution in [0, 0.1) is 0 Å². The molecular weight excluding hydrogens is 316 g/mol. The molecule has 0 saturated heterocycles. The molecule has 1 aromatic carbocycles. The van der Waals surface area contributed by atoms with E-state index >= 15 is 0 Å². The highest BCUT2D eigenvalue weighted by atomic mass is 79.9. The normalized spacial score (nSPS) is 12.4. The zero-order valence-corrected chi connectivity index (χ0v) is 11.7. The minimum Gasteiger partial charge on any atom is -0.398 e. The van der Waals surface area contributed by atoms with Gasteiger partial charge in [0.2, 0.25) is 0 Å². The molecule has 1 heterocycles. The largest absolute Gasteiger partial charge is 0.398 e. The minimum absolute atomic E-state index is 0.229. The van der Waals surface area contributed by atoms with Gasteiger partial charge in [0.15, 0.2) is 0 Å². The van der Waals surface area contributed by atoms with Gasteiger partial charge < -0.3 is 5.73 Å². The summed E-state index contributed by atoms with van der Waals surface area (Å²) >= 11 is 9.36. The number of aromatic nitrogens is 1. The number of halogens is 2. The summed E-state index contributed by atoms with van der Waals surface area (Å²) in [6.45, 7) is 0. The van der Waals surface area contributed by atoms with Gasteiger partial charge in [0.05, 0.1) is 11.1 Å². The first-order valence-corrected chi connectivity index (χ1v) is 6.41. The summed E-state index contributed by atoms with van der Waals surface area (Å²) in [5.41, 5.74) is 11.1. The maximum Gasteiger partial charge on any atom is 0.0745 e. The van der Waals surface area contributed by atoms with E-state index in [-0.39, 0.29) is 6.04 Å². The molecule has 0 saturated carbocycles. The molecule has 0 bridgehead atoms. The Morgan fingerprint density at radius 1 is 1.33 bits per heavy atom. The van der Waals surface area contributed by atoms with Crippen molar-refractivity contribution >= 4 is 33.2 Å². The lowest BCUT2D eigenvalue weighted by Crippen LogP contribution is -2.29. The van der Waals surface area contributed by atoms with E-state index in [0.717, 1.165) is 15.6 Å². The number of hydrogen-bond acceptors (Lipinski definition) is 4. The van der Waals surface area contributed by atoms with E-state index in [1.807, 2.05) is 12.1 Å². The number of pyridine rings is 1. The molecule has 1 unspecified atom stereocenters. The van der Waals surface area contributed by atoms with Crippen LogP contribution in [-0.4, -0.2) is 4.98 Å². The third-order valence-corrected chi connectivity index (χ3v) is 3.86. The second kappa shape index (κ2) is 5.67. The molecule has 5 N–H and O–H groups in total. The van der Waals surface area contributed by atoms with Gasteiger partial charge in [-0.3, -0.25) is 10.8 Å². The first-order chi connectivity index (χ1) is 8.63. The molecule has 0 aliphatic heterocycles. The maximum absolute atomic E-state index is 5.97. The molecule has 0 fully saturated rings. The number of hydrazine groups is 1. The lowest BCUT2D eigenvalue weighted by Gasteiger charge is -2.18. The van der Waals surface area contributed by atoms with Crippen LogP contribution in [0.25, 0.3) is 0 Å². The van der Waals surface area contributed by atoms with E-state index in [9.17, 15) is 0 Å². The van der Waals surface area contributed by atoms with E-state index in [4.69, 9.17) is 23.2 Å². The zero-order chi connectivity index (χ0) is 13.1. The van der Waals surface area contributed by atoms with Gasteiger partial charge in [-0.2, -0.15) is 0 Å². The average molecular weight is 328 g/mol. The molecule has 0 aliphatic rings. The van der Waals surface area contributed by atoms with E-state index in [2.05, 4.69) is 26.3 Å². The minimum atomic E-state index is -0.229. The Balaban J connectivity index is 2.45. The van der Waals surface area contributed by atoms with Crippen molar-refractivity contribution in [2.24, 2.45) is 5.84 Å². The molecule has 1 atom stereocenters. The first-order valence-electron chi connectivity index (χ1n) is 5.24. The zero-order valence-electron chi connectivity index (χ0n) is 9.40. The average Bonchev–Trinajstić information content (AvgIpc) is 2.37. The number of nitrogens with one attached hydrogen (secondary N) is 1.